The molecule has 0 radical (unpaired) electrons. The van der Waals surface area contributed by atoms with Crippen molar-refractivity contribution in [1.29, 1.82) is 0 Å². The van der Waals surface area contributed by atoms with E-state index in [1.165, 1.54) is 0 Å². The van der Waals surface area contributed by atoms with E-state index in [1.54, 1.807) is 0 Å². The summed E-state index contributed by atoms with van der Waals surface area (Å²) in [5.41, 5.74) is 0.703. The predicted octanol–water partition coefficient (Wildman–Crippen LogP) is 3.60. The molecule has 1 atom stereocenters. The molecule has 1 rings (SSSR count). The Bertz CT molecular complexity index is 337. The summed E-state index contributed by atoms with van der Waals surface area (Å²) in [6.45, 7) is 2.85. The number of carbonyl (C=O) groups is 1. The summed E-state index contributed by atoms with van der Waals surface area (Å²) in [6.07, 6.45) is 1.07. The van der Waals surface area contributed by atoms with E-state index in [1.807, 2.05) is 24.3 Å². The average molecular weight is 349 g/mol. The van der Waals surface area contributed by atoms with Crippen LogP contribution in [0.2, 0.25) is 0 Å². The molecular weight excluding hydrogens is 334 g/mol. The first-order chi connectivity index (χ1) is 7.63. The van der Waals surface area contributed by atoms with Gasteiger partial charge in [-0.05, 0) is 36.6 Å². The van der Waals surface area contributed by atoms with Crippen LogP contribution in [0.3, 0.4) is 0 Å². The lowest BCUT2D eigenvalue weighted by Gasteiger charge is -2.11. The number of hydrogen-bond acceptors (Lipinski definition) is 1. The highest BCUT2D eigenvalue weighted by Gasteiger charge is 2.07. The molecule has 1 aromatic carbocycles. The Kier molecular flexibility index (Phi) is 6.06. The highest BCUT2D eigenvalue weighted by atomic mass is 79.9. The second-order valence-electron chi connectivity index (χ2n) is 3.80. The molecular formula is C12H15Br2NO. The molecule has 0 aliphatic carbocycles. The standard InChI is InChI=1S/C12H15Br2NO/c1-9(6-7-13)8-15-12(16)10-2-4-11(14)5-3-10/h2-5,9H,6-8H2,1H3,(H,15,16). The maximum Gasteiger partial charge on any atom is 0.251 e. The zero-order valence-electron chi connectivity index (χ0n) is 9.17. The van der Waals surface area contributed by atoms with Gasteiger partial charge in [0, 0.05) is 21.9 Å². The summed E-state index contributed by atoms with van der Waals surface area (Å²) >= 11 is 6.73. The van der Waals surface area contributed by atoms with Crippen LogP contribution in [0.15, 0.2) is 28.7 Å². The zero-order valence-corrected chi connectivity index (χ0v) is 12.3. The lowest BCUT2D eigenvalue weighted by atomic mass is 10.1. The van der Waals surface area contributed by atoms with Gasteiger partial charge >= 0.3 is 0 Å². The molecule has 4 heteroatoms. The van der Waals surface area contributed by atoms with Gasteiger partial charge in [-0.15, -0.1) is 0 Å². The minimum atomic E-state index is -0.00563. The highest BCUT2D eigenvalue weighted by molar-refractivity contribution is 9.10. The van der Waals surface area contributed by atoms with Crippen LogP contribution in [-0.2, 0) is 0 Å². The molecule has 1 unspecified atom stereocenters. The summed E-state index contributed by atoms with van der Waals surface area (Å²) in [7, 11) is 0. The molecule has 88 valence electrons. The molecule has 0 fully saturated rings. The fourth-order valence-electron chi connectivity index (χ4n) is 1.26. The number of halogens is 2. The van der Waals surface area contributed by atoms with Crippen molar-refractivity contribution in [2.75, 3.05) is 11.9 Å². The number of alkyl halides is 1. The lowest BCUT2D eigenvalue weighted by Crippen LogP contribution is -2.28. The predicted molar refractivity (Wildman–Crippen MR) is 74.1 cm³/mol. The number of carbonyl (C=O) groups excluding carboxylic acids is 1. The minimum Gasteiger partial charge on any atom is -0.352 e. The van der Waals surface area contributed by atoms with Crippen LogP contribution >= 0.6 is 31.9 Å². The first-order valence-corrected chi connectivity index (χ1v) is 7.14. The van der Waals surface area contributed by atoms with E-state index in [4.69, 9.17) is 0 Å². The summed E-state index contributed by atoms with van der Waals surface area (Å²) in [4.78, 5) is 11.7. The second-order valence-corrected chi connectivity index (χ2v) is 5.51. The van der Waals surface area contributed by atoms with Gasteiger partial charge in [0.25, 0.3) is 5.91 Å². The maximum absolute atomic E-state index is 11.7. The molecule has 1 amide bonds. The van der Waals surface area contributed by atoms with Crippen molar-refractivity contribution < 1.29 is 4.79 Å². The monoisotopic (exact) mass is 347 g/mol. The zero-order chi connectivity index (χ0) is 12.0. The molecule has 16 heavy (non-hydrogen) atoms. The van der Waals surface area contributed by atoms with Crippen molar-refractivity contribution >= 4 is 37.8 Å². The molecule has 0 spiro atoms. The number of amides is 1. The van der Waals surface area contributed by atoms with Gasteiger partial charge in [-0.25, -0.2) is 0 Å². The van der Waals surface area contributed by atoms with Crippen LogP contribution in [0, 0.1) is 5.92 Å². The number of rotatable bonds is 5. The van der Waals surface area contributed by atoms with Crippen molar-refractivity contribution in [3.63, 3.8) is 0 Å². The van der Waals surface area contributed by atoms with Crippen molar-refractivity contribution in [3.8, 4) is 0 Å². The van der Waals surface area contributed by atoms with E-state index in [2.05, 4.69) is 44.1 Å². The molecule has 1 N–H and O–H groups in total. The first-order valence-electron chi connectivity index (χ1n) is 5.23. The summed E-state index contributed by atoms with van der Waals surface area (Å²) in [6, 6.07) is 7.37. The number of nitrogens with one attached hydrogen (secondary N) is 1. The van der Waals surface area contributed by atoms with Gasteiger partial charge in [0.15, 0.2) is 0 Å². The summed E-state index contributed by atoms with van der Waals surface area (Å²) in [5.74, 6) is 0.493. The van der Waals surface area contributed by atoms with Crippen LogP contribution in [0.1, 0.15) is 23.7 Å². The lowest BCUT2D eigenvalue weighted by molar-refractivity contribution is 0.0948. The molecule has 0 saturated carbocycles. The Morgan fingerprint density at radius 3 is 2.56 bits per heavy atom. The molecule has 2 nitrogen and oxygen atoms in total. The van der Waals surface area contributed by atoms with Crippen LogP contribution in [0.5, 0.6) is 0 Å². The number of hydrogen-bond donors (Lipinski definition) is 1. The van der Waals surface area contributed by atoms with Gasteiger partial charge in [0.2, 0.25) is 0 Å². The fraction of sp³-hybridized carbons (Fsp3) is 0.417. The van der Waals surface area contributed by atoms with Crippen LogP contribution in [0.25, 0.3) is 0 Å². The number of benzene rings is 1. The molecule has 0 aliphatic rings. The van der Waals surface area contributed by atoms with E-state index in [9.17, 15) is 4.79 Å². The Labute approximate surface area is 113 Å². The third-order valence-corrected chi connectivity index (χ3v) is 3.31. The topological polar surface area (TPSA) is 29.1 Å². The van der Waals surface area contributed by atoms with Crippen LogP contribution in [-0.4, -0.2) is 17.8 Å². The third kappa shape index (κ3) is 4.66. The van der Waals surface area contributed by atoms with E-state index in [-0.39, 0.29) is 5.91 Å². The molecule has 0 heterocycles. The first kappa shape index (κ1) is 13.7. The molecule has 0 aromatic heterocycles. The van der Waals surface area contributed by atoms with Gasteiger partial charge in [0.05, 0.1) is 0 Å². The van der Waals surface area contributed by atoms with E-state index < -0.39 is 0 Å². The highest BCUT2D eigenvalue weighted by Crippen LogP contribution is 2.10. The van der Waals surface area contributed by atoms with Gasteiger partial charge < -0.3 is 5.32 Å². The molecule has 0 saturated heterocycles. The van der Waals surface area contributed by atoms with Crippen LogP contribution in [0.4, 0.5) is 0 Å². The Morgan fingerprint density at radius 2 is 2.00 bits per heavy atom. The molecule has 1 aromatic rings. The largest absolute Gasteiger partial charge is 0.352 e. The summed E-state index contributed by atoms with van der Waals surface area (Å²) < 4.78 is 0.983. The Morgan fingerprint density at radius 1 is 1.38 bits per heavy atom. The quantitative estimate of drug-likeness (QED) is 0.809. The summed E-state index contributed by atoms with van der Waals surface area (Å²) in [5, 5.41) is 3.90. The van der Waals surface area contributed by atoms with Crippen molar-refractivity contribution in [2.24, 2.45) is 5.92 Å². The third-order valence-electron chi connectivity index (χ3n) is 2.32. The van der Waals surface area contributed by atoms with E-state index in [0.717, 1.165) is 22.8 Å². The smallest absolute Gasteiger partial charge is 0.251 e. The molecule has 0 aliphatic heterocycles. The van der Waals surface area contributed by atoms with E-state index >= 15 is 0 Å². The van der Waals surface area contributed by atoms with Crippen molar-refractivity contribution in [3.05, 3.63) is 34.3 Å². The van der Waals surface area contributed by atoms with Gasteiger partial charge in [-0.3, -0.25) is 4.79 Å². The van der Waals surface area contributed by atoms with Crippen molar-refractivity contribution in [2.45, 2.75) is 13.3 Å². The maximum atomic E-state index is 11.7. The van der Waals surface area contributed by atoms with Gasteiger partial charge in [0.1, 0.15) is 0 Å². The van der Waals surface area contributed by atoms with Crippen molar-refractivity contribution in [1.82, 2.24) is 5.32 Å². The fourth-order valence-corrected chi connectivity index (χ4v) is 2.30. The van der Waals surface area contributed by atoms with Gasteiger partial charge in [-0.1, -0.05) is 38.8 Å². The second kappa shape index (κ2) is 7.07. The van der Waals surface area contributed by atoms with Crippen LogP contribution < -0.4 is 5.32 Å². The SMILES string of the molecule is CC(CCBr)CNC(=O)c1ccc(Br)cc1. The Balaban J connectivity index is 2.43. The van der Waals surface area contributed by atoms with E-state index in [0.29, 0.717) is 11.5 Å². The normalized spacial score (nSPS) is 12.2. The van der Waals surface area contributed by atoms with Gasteiger partial charge in [-0.2, -0.15) is 0 Å². The Hall–Kier alpha value is -0.350. The molecule has 0 bridgehead atoms. The minimum absolute atomic E-state index is 0.00563. The average Bonchev–Trinajstić information content (AvgIpc) is 2.27.